The zero-order valence-corrected chi connectivity index (χ0v) is 6.98. The van der Waals surface area contributed by atoms with Crippen LogP contribution in [0.2, 0.25) is 0 Å². The van der Waals surface area contributed by atoms with Gasteiger partial charge in [0, 0.05) is 6.54 Å². The Hall–Kier alpha value is -0.560. The first-order valence-corrected chi connectivity index (χ1v) is 3.80. The summed E-state index contributed by atoms with van der Waals surface area (Å²) in [5.74, 6) is 0. The molecule has 58 valence electrons. The molecule has 1 heteroatoms. The first-order chi connectivity index (χ1) is 4.81. The van der Waals surface area contributed by atoms with Gasteiger partial charge in [-0.05, 0) is 13.5 Å². The van der Waals surface area contributed by atoms with E-state index in [0.717, 1.165) is 13.0 Å². The Morgan fingerprint density at radius 3 is 2.80 bits per heavy atom. The molecule has 1 N–H and O–H groups in total. The minimum Gasteiger partial charge on any atom is -0.316 e. The molecular formula is C9H17N. The number of hydrogen-bond donors (Lipinski definition) is 1. The minimum absolute atomic E-state index is 0.933. The average Bonchev–Trinajstić information content (AvgIpc) is 1.89. The van der Waals surface area contributed by atoms with Crippen LogP contribution in [0.5, 0.6) is 0 Å². The van der Waals surface area contributed by atoms with E-state index in [1.54, 1.807) is 0 Å². The summed E-state index contributed by atoms with van der Waals surface area (Å²) in [4.78, 5) is 0. The van der Waals surface area contributed by atoms with Crippen LogP contribution in [0.15, 0.2) is 24.3 Å². The predicted octanol–water partition coefficient (Wildman–Crippen LogP) is 2.12. The van der Waals surface area contributed by atoms with Gasteiger partial charge in [0.15, 0.2) is 0 Å². The van der Waals surface area contributed by atoms with E-state index >= 15 is 0 Å². The van der Waals surface area contributed by atoms with Gasteiger partial charge in [0.25, 0.3) is 0 Å². The van der Waals surface area contributed by atoms with Crippen LogP contribution in [0.3, 0.4) is 0 Å². The quantitative estimate of drug-likeness (QED) is 0.575. The summed E-state index contributed by atoms with van der Waals surface area (Å²) >= 11 is 0. The van der Waals surface area contributed by atoms with Crippen molar-refractivity contribution in [1.29, 1.82) is 0 Å². The van der Waals surface area contributed by atoms with Crippen molar-refractivity contribution in [2.45, 2.75) is 19.8 Å². The number of nitrogens with one attached hydrogen (secondary N) is 1. The summed E-state index contributed by atoms with van der Waals surface area (Å²) in [6.45, 7) is 7.00. The summed E-state index contributed by atoms with van der Waals surface area (Å²) in [5, 5.41) is 3.04. The highest BCUT2D eigenvalue weighted by Gasteiger charge is 1.83. The molecule has 10 heavy (non-hydrogen) atoms. The Kier molecular flexibility index (Phi) is 6.19. The fourth-order valence-electron chi connectivity index (χ4n) is 0.748. The molecule has 0 saturated heterocycles. The van der Waals surface area contributed by atoms with Crippen molar-refractivity contribution in [2.75, 3.05) is 13.6 Å². The molecular weight excluding hydrogens is 122 g/mol. The monoisotopic (exact) mass is 139 g/mol. The number of likely N-dealkylation sites (N-methyl/N-ethyl adjacent to an activating group) is 1. The van der Waals surface area contributed by atoms with Crippen molar-refractivity contribution in [1.82, 2.24) is 5.32 Å². The number of allylic oxidation sites excluding steroid dienone is 2. The molecule has 0 heterocycles. The molecule has 0 aromatic carbocycles. The van der Waals surface area contributed by atoms with Crippen LogP contribution < -0.4 is 5.32 Å². The van der Waals surface area contributed by atoms with Crippen LogP contribution >= 0.6 is 0 Å². The molecule has 0 amide bonds. The van der Waals surface area contributed by atoms with Gasteiger partial charge in [-0.25, -0.2) is 0 Å². The fourth-order valence-corrected chi connectivity index (χ4v) is 0.748. The standard InChI is InChI=1S/C9H17N/c1-4-6-9(2)7-5-8-10-3/h5,7,10H,2,4,6,8H2,1,3H3/b7-5+. The zero-order valence-electron chi connectivity index (χ0n) is 6.98. The molecule has 0 fully saturated rings. The van der Waals surface area contributed by atoms with Crippen molar-refractivity contribution < 1.29 is 0 Å². The molecule has 0 rings (SSSR count). The largest absolute Gasteiger partial charge is 0.316 e. The molecule has 0 aromatic heterocycles. The predicted molar refractivity (Wildman–Crippen MR) is 47.1 cm³/mol. The number of rotatable bonds is 5. The highest BCUT2D eigenvalue weighted by atomic mass is 14.8. The molecule has 0 aliphatic heterocycles. The van der Waals surface area contributed by atoms with E-state index in [1.165, 1.54) is 12.0 Å². The van der Waals surface area contributed by atoms with E-state index < -0.39 is 0 Å². The number of hydrogen-bond acceptors (Lipinski definition) is 1. The normalized spacial score (nSPS) is 10.6. The molecule has 0 unspecified atom stereocenters. The summed E-state index contributed by atoms with van der Waals surface area (Å²) in [5.41, 5.74) is 1.22. The highest BCUT2D eigenvalue weighted by molar-refractivity contribution is 5.14. The summed E-state index contributed by atoms with van der Waals surface area (Å²) in [6, 6.07) is 0. The van der Waals surface area contributed by atoms with Crippen molar-refractivity contribution >= 4 is 0 Å². The third-order valence-corrected chi connectivity index (χ3v) is 1.25. The zero-order chi connectivity index (χ0) is 7.82. The molecule has 0 aliphatic rings. The van der Waals surface area contributed by atoms with Gasteiger partial charge >= 0.3 is 0 Å². The van der Waals surface area contributed by atoms with Crippen molar-refractivity contribution in [3.63, 3.8) is 0 Å². The molecule has 0 saturated carbocycles. The Balaban J connectivity index is 3.36. The minimum atomic E-state index is 0.933. The van der Waals surface area contributed by atoms with Crippen molar-refractivity contribution in [2.24, 2.45) is 0 Å². The summed E-state index contributed by atoms with van der Waals surface area (Å²) in [7, 11) is 1.94. The van der Waals surface area contributed by atoms with Gasteiger partial charge in [-0.15, -0.1) is 0 Å². The Morgan fingerprint density at radius 2 is 2.30 bits per heavy atom. The van der Waals surface area contributed by atoms with Crippen LogP contribution in [0.25, 0.3) is 0 Å². The topological polar surface area (TPSA) is 12.0 Å². The van der Waals surface area contributed by atoms with Crippen molar-refractivity contribution in [3.05, 3.63) is 24.3 Å². The maximum absolute atomic E-state index is 3.90. The van der Waals surface area contributed by atoms with Gasteiger partial charge in [-0.3, -0.25) is 0 Å². The molecule has 0 aromatic rings. The second-order valence-corrected chi connectivity index (χ2v) is 2.37. The summed E-state index contributed by atoms with van der Waals surface area (Å²) in [6.07, 6.45) is 6.47. The second kappa shape index (κ2) is 6.56. The molecule has 0 aliphatic carbocycles. The first kappa shape index (κ1) is 9.44. The Morgan fingerprint density at radius 1 is 1.60 bits per heavy atom. The highest BCUT2D eigenvalue weighted by Crippen LogP contribution is 2.01. The van der Waals surface area contributed by atoms with Gasteiger partial charge in [-0.1, -0.05) is 37.6 Å². The third-order valence-electron chi connectivity index (χ3n) is 1.25. The van der Waals surface area contributed by atoms with Crippen LogP contribution in [0.1, 0.15) is 19.8 Å². The average molecular weight is 139 g/mol. The Bertz CT molecular complexity index is 114. The maximum Gasteiger partial charge on any atom is 0.0135 e. The lowest BCUT2D eigenvalue weighted by Crippen LogP contribution is -2.03. The van der Waals surface area contributed by atoms with Gasteiger partial charge in [0.2, 0.25) is 0 Å². The van der Waals surface area contributed by atoms with Crippen LogP contribution in [-0.4, -0.2) is 13.6 Å². The lowest BCUT2D eigenvalue weighted by molar-refractivity contribution is 0.907. The molecule has 1 nitrogen and oxygen atoms in total. The van der Waals surface area contributed by atoms with Crippen LogP contribution in [0.4, 0.5) is 0 Å². The lowest BCUT2D eigenvalue weighted by Gasteiger charge is -1.94. The smallest absolute Gasteiger partial charge is 0.0135 e. The van der Waals surface area contributed by atoms with Crippen LogP contribution in [-0.2, 0) is 0 Å². The molecule has 0 bridgehead atoms. The maximum atomic E-state index is 3.90. The fraction of sp³-hybridized carbons (Fsp3) is 0.556. The van der Waals surface area contributed by atoms with E-state index in [-0.39, 0.29) is 0 Å². The van der Waals surface area contributed by atoms with E-state index in [9.17, 15) is 0 Å². The third kappa shape index (κ3) is 5.57. The lowest BCUT2D eigenvalue weighted by atomic mass is 10.2. The van der Waals surface area contributed by atoms with E-state index in [4.69, 9.17) is 0 Å². The van der Waals surface area contributed by atoms with Gasteiger partial charge in [0.05, 0.1) is 0 Å². The SMILES string of the molecule is C=C(/C=C/CNC)CCC. The van der Waals surface area contributed by atoms with Crippen LogP contribution in [0, 0.1) is 0 Å². The summed E-state index contributed by atoms with van der Waals surface area (Å²) < 4.78 is 0. The first-order valence-electron chi connectivity index (χ1n) is 3.80. The second-order valence-electron chi connectivity index (χ2n) is 2.37. The van der Waals surface area contributed by atoms with Crippen molar-refractivity contribution in [3.8, 4) is 0 Å². The van der Waals surface area contributed by atoms with E-state index in [1.807, 2.05) is 7.05 Å². The van der Waals surface area contributed by atoms with Gasteiger partial charge in [-0.2, -0.15) is 0 Å². The van der Waals surface area contributed by atoms with E-state index in [2.05, 4.69) is 31.0 Å². The Labute approximate surface area is 63.8 Å². The molecule has 0 radical (unpaired) electrons. The van der Waals surface area contributed by atoms with E-state index in [0.29, 0.717) is 0 Å². The van der Waals surface area contributed by atoms with Gasteiger partial charge < -0.3 is 5.32 Å². The van der Waals surface area contributed by atoms with Gasteiger partial charge in [0.1, 0.15) is 0 Å². The molecule has 0 spiro atoms. The molecule has 0 atom stereocenters.